The first-order chi connectivity index (χ1) is 12.2. The fraction of sp³-hybridized carbons (Fsp3) is 0.150. The second-order valence-corrected chi connectivity index (χ2v) is 5.51. The SMILES string of the molecule is COc1ccc(Oc2ccc(CNCc3ccc(F)cc3)cn2)cc1. The number of hydrogen-bond acceptors (Lipinski definition) is 4. The molecule has 0 aliphatic carbocycles. The summed E-state index contributed by atoms with van der Waals surface area (Å²) in [6.45, 7) is 1.34. The lowest BCUT2D eigenvalue weighted by Gasteiger charge is -2.08. The van der Waals surface area contributed by atoms with Gasteiger partial charge in [0.25, 0.3) is 0 Å². The van der Waals surface area contributed by atoms with Crippen LogP contribution in [-0.4, -0.2) is 12.1 Å². The third kappa shape index (κ3) is 5.02. The maximum Gasteiger partial charge on any atom is 0.219 e. The van der Waals surface area contributed by atoms with E-state index in [1.54, 1.807) is 25.4 Å². The molecule has 0 spiro atoms. The van der Waals surface area contributed by atoms with Crippen molar-refractivity contribution in [2.24, 2.45) is 0 Å². The van der Waals surface area contributed by atoms with Crippen LogP contribution in [0, 0.1) is 5.82 Å². The number of methoxy groups -OCH3 is 1. The number of halogens is 1. The smallest absolute Gasteiger partial charge is 0.219 e. The molecule has 2 aromatic carbocycles. The van der Waals surface area contributed by atoms with Gasteiger partial charge in [0.05, 0.1) is 7.11 Å². The third-order valence-electron chi connectivity index (χ3n) is 3.65. The summed E-state index contributed by atoms with van der Waals surface area (Å²) in [6.07, 6.45) is 1.77. The van der Waals surface area contributed by atoms with Crippen molar-refractivity contribution in [3.8, 4) is 17.4 Å². The molecule has 4 nitrogen and oxygen atoms in total. The highest BCUT2D eigenvalue weighted by Gasteiger charge is 2.01. The van der Waals surface area contributed by atoms with Crippen molar-refractivity contribution in [2.75, 3.05) is 7.11 Å². The topological polar surface area (TPSA) is 43.4 Å². The molecule has 0 saturated carbocycles. The molecule has 0 saturated heterocycles. The summed E-state index contributed by atoms with van der Waals surface area (Å²) < 4.78 is 23.7. The van der Waals surface area contributed by atoms with E-state index in [0.29, 0.717) is 24.7 Å². The molecule has 1 N–H and O–H groups in total. The number of hydrogen-bond donors (Lipinski definition) is 1. The van der Waals surface area contributed by atoms with Crippen LogP contribution in [0.5, 0.6) is 17.4 Å². The molecule has 1 aromatic heterocycles. The average molecular weight is 338 g/mol. The van der Waals surface area contributed by atoms with E-state index in [2.05, 4.69) is 10.3 Å². The highest BCUT2D eigenvalue weighted by Crippen LogP contribution is 2.22. The lowest BCUT2D eigenvalue weighted by molar-refractivity contribution is 0.412. The van der Waals surface area contributed by atoms with E-state index < -0.39 is 0 Å². The Hall–Kier alpha value is -2.92. The molecule has 5 heteroatoms. The summed E-state index contributed by atoms with van der Waals surface area (Å²) in [4.78, 5) is 4.31. The Kier molecular flexibility index (Phi) is 5.59. The minimum atomic E-state index is -0.222. The summed E-state index contributed by atoms with van der Waals surface area (Å²) in [5.41, 5.74) is 2.08. The van der Waals surface area contributed by atoms with E-state index in [0.717, 1.165) is 16.9 Å². The highest BCUT2D eigenvalue weighted by molar-refractivity contribution is 5.33. The lowest BCUT2D eigenvalue weighted by Crippen LogP contribution is -2.12. The summed E-state index contributed by atoms with van der Waals surface area (Å²) >= 11 is 0. The van der Waals surface area contributed by atoms with Crippen molar-refractivity contribution < 1.29 is 13.9 Å². The van der Waals surface area contributed by atoms with Crippen LogP contribution in [0.2, 0.25) is 0 Å². The standard InChI is InChI=1S/C20H19FN2O2/c1-24-18-7-9-19(10-8-18)25-20-11-4-16(14-23-20)13-22-12-15-2-5-17(21)6-3-15/h2-11,14,22H,12-13H2,1H3. The van der Waals surface area contributed by atoms with Crippen molar-refractivity contribution in [1.82, 2.24) is 10.3 Å². The summed E-state index contributed by atoms with van der Waals surface area (Å²) in [6, 6.07) is 17.6. The summed E-state index contributed by atoms with van der Waals surface area (Å²) in [5.74, 6) is 1.80. The molecule has 0 aliphatic rings. The zero-order valence-electron chi connectivity index (χ0n) is 13.9. The predicted molar refractivity (Wildman–Crippen MR) is 94.2 cm³/mol. The largest absolute Gasteiger partial charge is 0.497 e. The highest BCUT2D eigenvalue weighted by atomic mass is 19.1. The number of nitrogens with zero attached hydrogens (tertiary/aromatic N) is 1. The maximum atomic E-state index is 12.9. The second kappa shape index (κ2) is 8.26. The first-order valence-electron chi connectivity index (χ1n) is 7.95. The molecule has 1 heterocycles. The number of aromatic nitrogens is 1. The van der Waals surface area contributed by atoms with Gasteiger partial charge in [-0.2, -0.15) is 0 Å². The van der Waals surface area contributed by atoms with Crippen LogP contribution in [0.1, 0.15) is 11.1 Å². The second-order valence-electron chi connectivity index (χ2n) is 5.51. The Morgan fingerprint density at radius 3 is 2.12 bits per heavy atom. The number of nitrogens with one attached hydrogen (secondary N) is 1. The Bertz CT molecular complexity index is 787. The van der Waals surface area contributed by atoms with Gasteiger partial charge in [-0.05, 0) is 47.5 Å². The molecule has 3 aromatic rings. The van der Waals surface area contributed by atoms with E-state index in [9.17, 15) is 4.39 Å². The van der Waals surface area contributed by atoms with Crippen LogP contribution in [0.25, 0.3) is 0 Å². The van der Waals surface area contributed by atoms with Crippen molar-refractivity contribution in [3.63, 3.8) is 0 Å². The van der Waals surface area contributed by atoms with Crippen molar-refractivity contribution in [1.29, 1.82) is 0 Å². The molecule has 128 valence electrons. The molecule has 0 amide bonds. The Morgan fingerprint density at radius 1 is 0.840 bits per heavy atom. The first-order valence-corrected chi connectivity index (χ1v) is 7.95. The first kappa shape index (κ1) is 16.9. The van der Waals surface area contributed by atoms with Crippen molar-refractivity contribution in [3.05, 3.63) is 83.8 Å². The third-order valence-corrected chi connectivity index (χ3v) is 3.65. The molecule has 3 rings (SSSR count). The minimum absolute atomic E-state index is 0.222. The lowest BCUT2D eigenvalue weighted by atomic mass is 10.2. The van der Waals surface area contributed by atoms with Crippen LogP contribution in [0.3, 0.4) is 0 Å². The Morgan fingerprint density at radius 2 is 1.48 bits per heavy atom. The summed E-state index contributed by atoms with van der Waals surface area (Å²) in [7, 11) is 1.63. The predicted octanol–water partition coefficient (Wildman–Crippen LogP) is 4.31. The van der Waals surface area contributed by atoms with Gasteiger partial charge in [-0.1, -0.05) is 18.2 Å². The molecule has 0 radical (unpaired) electrons. The molecule has 0 atom stereocenters. The zero-order valence-corrected chi connectivity index (χ0v) is 13.9. The van der Waals surface area contributed by atoms with E-state index in [4.69, 9.17) is 9.47 Å². The number of ether oxygens (including phenoxy) is 2. The van der Waals surface area contributed by atoms with Gasteiger partial charge in [-0.15, -0.1) is 0 Å². The normalized spacial score (nSPS) is 10.5. The quantitative estimate of drug-likeness (QED) is 0.697. The van der Waals surface area contributed by atoms with Gasteiger partial charge in [0.1, 0.15) is 17.3 Å². The van der Waals surface area contributed by atoms with Gasteiger partial charge in [-0.3, -0.25) is 0 Å². The maximum absolute atomic E-state index is 12.9. The fourth-order valence-electron chi connectivity index (χ4n) is 2.29. The minimum Gasteiger partial charge on any atom is -0.497 e. The zero-order chi connectivity index (χ0) is 17.5. The summed E-state index contributed by atoms with van der Waals surface area (Å²) in [5, 5.41) is 3.30. The van der Waals surface area contributed by atoms with E-state index in [1.807, 2.05) is 36.4 Å². The Balaban J connectivity index is 1.50. The van der Waals surface area contributed by atoms with Gasteiger partial charge >= 0.3 is 0 Å². The molecular formula is C20H19FN2O2. The van der Waals surface area contributed by atoms with Gasteiger partial charge in [0, 0.05) is 25.4 Å². The monoisotopic (exact) mass is 338 g/mol. The van der Waals surface area contributed by atoms with Crippen LogP contribution in [0.4, 0.5) is 4.39 Å². The molecule has 25 heavy (non-hydrogen) atoms. The number of rotatable bonds is 7. The Labute approximate surface area is 146 Å². The van der Waals surface area contributed by atoms with Gasteiger partial charge in [0.2, 0.25) is 5.88 Å². The van der Waals surface area contributed by atoms with Gasteiger partial charge < -0.3 is 14.8 Å². The van der Waals surface area contributed by atoms with Crippen LogP contribution >= 0.6 is 0 Å². The van der Waals surface area contributed by atoms with E-state index in [1.165, 1.54) is 12.1 Å². The van der Waals surface area contributed by atoms with E-state index >= 15 is 0 Å². The molecule has 0 bridgehead atoms. The molecular weight excluding hydrogens is 319 g/mol. The van der Waals surface area contributed by atoms with Crippen LogP contribution < -0.4 is 14.8 Å². The van der Waals surface area contributed by atoms with Crippen molar-refractivity contribution >= 4 is 0 Å². The number of benzene rings is 2. The van der Waals surface area contributed by atoms with Crippen LogP contribution in [-0.2, 0) is 13.1 Å². The fourth-order valence-corrected chi connectivity index (χ4v) is 2.29. The average Bonchev–Trinajstić information content (AvgIpc) is 2.65. The van der Waals surface area contributed by atoms with Crippen LogP contribution in [0.15, 0.2) is 66.9 Å². The molecule has 0 unspecified atom stereocenters. The molecule has 0 aliphatic heterocycles. The number of pyridine rings is 1. The van der Waals surface area contributed by atoms with Gasteiger partial charge in [-0.25, -0.2) is 9.37 Å². The van der Waals surface area contributed by atoms with Gasteiger partial charge in [0.15, 0.2) is 0 Å². The van der Waals surface area contributed by atoms with E-state index in [-0.39, 0.29) is 5.82 Å². The van der Waals surface area contributed by atoms with Crippen molar-refractivity contribution in [2.45, 2.75) is 13.1 Å². The molecule has 0 fully saturated rings.